The van der Waals surface area contributed by atoms with E-state index in [-0.39, 0.29) is 5.41 Å². The SMILES string of the molecule is Cc1nnsc1S(=O)Cc1ccc(C(C)(C)C)cc1. The Morgan fingerprint density at radius 3 is 2.32 bits per heavy atom. The fourth-order valence-corrected chi connectivity index (χ4v) is 3.77. The summed E-state index contributed by atoms with van der Waals surface area (Å²) in [6, 6.07) is 8.35. The van der Waals surface area contributed by atoms with Crippen molar-refractivity contribution in [2.24, 2.45) is 0 Å². The second-order valence-corrected chi connectivity index (χ2v) is 7.98. The zero-order chi connectivity index (χ0) is 14.0. The maximum absolute atomic E-state index is 12.2. The van der Waals surface area contributed by atoms with Crippen molar-refractivity contribution < 1.29 is 4.21 Å². The smallest absolute Gasteiger partial charge is 0.135 e. The van der Waals surface area contributed by atoms with Gasteiger partial charge in [0.05, 0.1) is 22.2 Å². The van der Waals surface area contributed by atoms with Gasteiger partial charge in [-0.2, -0.15) is 0 Å². The van der Waals surface area contributed by atoms with Crippen molar-refractivity contribution in [3.63, 3.8) is 0 Å². The summed E-state index contributed by atoms with van der Waals surface area (Å²) in [5.74, 6) is 0.523. The highest BCUT2D eigenvalue weighted by atomic mass is 32.2. The molecule has 0 bridgehead atoms. The van der Waals surface area contributed by atoms with Crippen molar-refractivity contribution in [1.82, 2.24) is 9.59 Å². The van der Waals surface area contributed by atoms with Crippen LogP contribution in [0.1, 0.15) is 37.6 Å². The molecule has 1 unspecified atom stereocenters. The monoisotopic (exact) mass is 294 g/mol. The molecule has 3 nitrogen and oxygen atoms in total. The fourth-order valence-electron chi connectivity index (χ4n) is 1.75. The van der Waals surface area contributed by atoms with E-state index in [1.807, 2.05) is 6.92 Å². The molecule has 0 aliphatic carbocycles. The number of hydrogen-bond donors (Lipinski definition) is 0. The number of aromatic nitrogens is 2. The highest BCUT2D eigenvalue weighted by Crippen LogP contribution is 2.23. The minimum absolute atomic E-state index is 0.149. The zero-order valence-electron chi connectivity index (χ0n) is 11.6. The third-order valence-corrected chi connectivity index (χ3v) is 5.64. The standard InChI is InChI=1S/C14H18N2OS2/c1-10-13(18-16-15-10)19(17)9-11-5-7-12(8-6-11)14(2,3)4/h5-8H,9H2,1-4H3. The van der Waals surface area contributed by atoms with E-state index in [2.05, 4.69) is 54.6 Å². The Kier molecular flexibility index (Phi) is 4.16. The van der Waals surface area contributed by atoms with Gasteiger partial charge in [0.15, 0.2) is 0 Å². The summed E-state index contributed by atoms with van der Waals surface area (Å²) < 4.78 is 16.8. The summed E-state index contributed by atoms with van der Waals surface area (Å²) in [4.78, 5) is 0. The van der Waals surface area contributed by atoms with Crippen LogP contribution >= 0.6 is 11.5 Å². The molecule has 1 heterocycles. The van der Waals surface area contributed by atoms with Crippen LogP contribution in [0.4, 0.5) is 0 Å². The Balaban J connectivity index is 2.12. The van der Waals surface area contributed by atoms with Crippen LogP contribution in [-0.4, -0.2) is 13.8 Å². The minimum Gasteiger partial charge on any atom is -0.253 e. The summed E-state index contributed by atoms with van der Waals surface area (Å²) in [6.07, 6.45) is 0. The Morgan fingerprint density at radius 2 is 1.84 bits per heavy atom. The molecule has 19 heavy (non-hydrogen) atoms. The normalized spacial score (nSPS) is 13.5. The maximum Gasteiger partial charge on any atom is 0.135 e. The van der Waals surface area contributed by atoms with Gasteiger partial charge in [-0.3, -0.25) is 4.21 Å². The highest BCUT2D eigenvalue weighted by molar-refractivity contribution is 7.86. The largest absolute Gasteiger partial charge is 0.253 e. The second kappa shape index (κ2) is 5.51. The van der Waals surface area contributed by atoms with Crippen molar-refractivity contribution in [2.75, 3.05) is 0 Å². The summed E-state index contributed by atoms with van der Waals surface area (Å²) in [7, 11) is -1.05. The van der Waals surface area contributed by atoms with Crippen LogP contribution in [0.3, 0.4) is 0 Å². The van der Waals surface area contributed by atoms with Crippen LogP contribution in [0.15, 0.2) is 28.5 Å². The van der Waals surface area contributed by atoms with Gasteiger partial charge in [0, 0.05) is 0 Å². The maximum atomic E-state index is 12.2. The lowest BCUT2D eigenvalue weighted by atomic mass is 9.87. The molecule has 0 saturated heterocycles. The second-order valence-electron chi connectivity index (χ2n) is 5.58. The predicted molar refractivity (Wildman–Crippen MR) is 79.9 cm³/mol. The molecule has 0 aliphatic heterocycles. The lowest BCUT2D eigenvalue weighted by Crippen LogP contribution is -2.10. The van der Waals surface area contributed by atoms with Crippen LogP contribution in [-0.2, 0) is 22.0 Å². The molecule has 102 valence electrons. The summed E-state index contributed by atoms with van der Waals surface area (Å²) in [5, 5.41) is 3.90. The van der Waals surface area contributed by atoms with Crippen molar-refractivity contribution in [2.45, 2.75) is 43.1 Å². The zero-order valence-corrected chi connectivity index (χ0v) is 13.3. The number of benzene rings is 1. The van der Waals surface area contributed by atoms with Crippen LogP contribution in [0.2, 0.25) is 0 Å². The molecule has 1 aromatic carbocycles. The van der Waals surface area contributed by atoms with E-state index in [0.29, 0.717) is 5.75 Å². The predicted octanol–water partition coefficient (Wildman–Crippen LogP) is 3.45. The first kappa shape index (κ1) is 14.3. The summed E-state index contributed by atoms with van der Waals surface area (Å²) in [6.45, 7) is 8.41. The van der Waals surface area contributed by atoms with Crippen molar-refractivity contribution in [3.05, 3.63) is 41.1 Å². The van der Waals surface area contributed by atoms with E-state index in [1.54, 1.807) is 0 Å². The first-order chi connectivity index (χ1) is 8.88. The first-order valence-corrected chi connectivity index (χ1v) is 8.24. The number of nitrogens with zero attached hydrogens (tertiary/aromatic N) is 2. The molecule has 2 aromatic rings. The van der Waals surface area contributed by atoms with E-state index in [9.17, 15) is 4.21 Å². The van der Waals surface area contributed by atoms with Gasteiger partial charge in [-0.05, 0) is 35.0 Å². The average Bonchev–Trinajstić information content (AvgIpc) is 2.75. The van der Waals surface area contributed by atoms with Gasteiger partial charge in [-0.15, -0.1) is 5.10 Å². The number of aryl methyl sites for hydroxylation is 1. The van der Waals surface area contributed by atoms with Gasteiger partial charge in [-0.25, -0.2) is 0 Å². The number of hydrogen-bond acceptors (Lipinski definition) is 4. The quantitative estimate of drug-likeness (QED) is 0.870. The van der Waals surface area contributed by atoms with Gasteiger partial charge in [0.2, 0.25) is 0 Å². The highest BCUT2D eigenvalue weighted by Gasteiger charge is 2.15. The Labute approximate surface area is 120 Å². The third-order valence-electron chi connectivity index (χ3n) is 2.93. The molecule has 0 amide bonds. The molecule has 0 fully saturated rings. The Hall–Kier alpha value is -1.07. The topological polar surface area (TPSA) is 42.9 Å². The van der Waals surface area contributed by atoms with Crippen molar-refractivity contribution >= 4 is 22.3 Å². The number of rotatable bonds is 3. The Morgan fingerprint density at radius 1 is 1.21 bits per heavy atom. The van der Waals surface area contributed by atoms with Crippen LogP contribution in [0, 0.1) is 6.92 Å². The van der Waals surface area contributed by atoms with Gasteiger partial charge in [0.1, 0.15) is 4.21 Å². The van der Waals surface area contributed by atoms with Crippen LogP contribution < -0.4 is 0 Å². The van der Waals surface area contributed by atoms with Crippen molar-refractivity contribution in [3.8, 4) is 0 Å². The molecule has 5 heteroatoms. The van der Waals surface area contributed by atoms with E-state index in [1.165, 1.54) is 17.1 Å². The van der Waals surface area contributed by atoms with Gasteiger partial charge in [0.25, 0.3) is 0 Å². The summed E-state index contributed by atoms with van der Waals surface area (Å²) in [5.41, 5.74) is 3.29. The van der Waals surface area contributed by atoms with Gasteiger partial charge in [-0.1, -0.05) is 49.5 Å². The molecule has 0 saturated carbocycles. The van der Waals surface area contributed by atoms with E-state index in [0.717, 1.165) is 15.5 Å². The fraction of sp³-hybridized carbons (Fsp3) is 0.429. The molecule has 2 rings (SSSR count). The molecule has 0 radical (unpaired) electrons. The lowest BCUT2D eigenvalue weighted by Gasteiger charge is -2.19. The lowest BCUT2D eigenvalue weighted by molar-refractivity contribution is 0.590. The first-order valence-electron chi connectivity index (χ1n) is 6.14. The van der Waals surface area contributed by atoms with E-state index < -0.39 is 10.8 Å². The molecule has 1 aromatic heterocycles. The molecular weight excluding hydrogens is 276 g/mol. The van der Waals surface area contributed by atoms with E-state index >= 15 is 0 Å². The summed E-state index contributed by atoms with van der Waals surface area (Å²) >= 11 is 1.22. The molecule has 1 atom stereocenters. The average molecular weight is 294 g/mol. The molecule has 0 spiro atoms. The van der Waals surface area contributed by atoms with Gasteiger partial charge >= 0.3 is 0 Å². The molecule has 0 N–H and O–H groups in total. The van der Waals surface area contributed by atoms with Crippen LogP contribution in [0.5, 0.6) is 0 Å². The van der Waals surface area contributed by atoms with Crippen LogP contribution in [0.25, 0.3) is 0 Å². The van der Waals surface area contributed by atoms with Crippen molar-refractivity contribution in [1.29, 1.82) is 0 Å². The minimum atomic E-state index is -1.05. The molecular formula is C14H18N2OS2. The van der Waals surface area contributed by atoms with E-state index in [4.69, 9.17) is 0 Å². The Bertz CT molecular complexity index is 582. The third kappa shape index (κ3) is 3.48. The molecule has 0 aliphatic rings. The van der Waals surface area contributed by atoms with Gasteiger partial charge < -0.3 is 0 Å².